The van der Waals surface area contributed by atoms with Crippen molar-refractivity contribution in [2.75, 3.05) is 31.6 Å². The summed E-state index contributed by atoms with van der Waals surface area (Å²) in [6, 6.07) is 8.06. The van der Waals surface area contributed by atoms with E-state index in [2.05, 4.69) is 10.6 Å². The molecule has 6 heteroatoms. The summed E-state index contributed by atoms with van der Waals surface area (Å²) in [7, 11) is 0. The third-order valence-electron chi connectivity index (χ3n) is 4.21. The first-order chi connectivity index (χ1) is 11.5. The summed E-state index contributed by atoms with van der Waals surface area (Å²) in [5.74, 6) is 0.0599. The molecule has 24 heavy (non-hydrogen) atoms. The molecular formula is C18H28N4O2. The van der Waals surface area contributed by atoms with Gasteiger partial charge in [-0.1, -0.05) is 12.1 Å². The van der Waals surface area contributed by atoms with Gasteiger partial charge in [0.25, 0.3) is 0 Å². The van der Waals surface area contributed by atoms with Crippen molar-refractivity contribution in [1.29, 1.82) is 0 Å². The third kappa shape index (κ3) is 4.97. The number of benzene rings is 1. The number of nitrogens with one attached hydrogen (secondary N) is 2. The summed E-state index contributed by atoms with van der Waals surface area (Å²) in [4.78, 5) is 13.5. The number of anilines is 1. The molecule has 0 saturated heterocycles. The Morgan fingerprint density at radius 3 is 2.92 bits per heavy atom. The van der Waals surface area contributed by atoms with E-state index in [0.29, 0.717) is 26.1 Å². The van der Waals surface area contributed by atoms with Crippen molar-refractivity contribution in [3.63, 3.8) is 0 Å². The number of carbonyl (C=O) groups is 1. The molecule has 2 rings (SSSR count). The molecule has 1 aromatic rings. The predicted molar refractivity (Wildman–Crippen MR) is 96.4 cm³/mol. The van der Waals surface area contributed by atoms with Crippen molar-refractivity contribution < 1.29 is 9.90 Å². The number of hydrogen-bond acceptors (Lipinski definition) is 5. The van der Waals surface area contributed by atoms with Crippen LogP contribution in [-0.2, 0) is 4.79 Å². The van der Waals surface area contributed by atoms with Crippen LogP contribution in [0.3, 0.4) is 0 Å². The van der Waals surface area contributed by atoms with Crippen LogP contribution in [-0.4, -0.2) is 48.3 Å². The lowest BCUT2D eigenvalue weighted by Crippen LogP contribution is -2.45. The number of nitrogens with zero attached hydrogens (tertiary/aromatic N) is 1. The Bertz CT molecular complexity index is 600. The van der Waals surface area contributed by atoms with Gasteiger partial charge in [-0.3, -0.25) is 4.79 Å². The fraction of sp³-hybridized carbons (Fsp3) is 0.500. The number of aryl methyl sites for hydroxylation is 1. The minimum absolute atomic E-state index is 0.0599. The fourth-order valence-electron chi connectivity index (χ4n) is 2.86. The highest BCUT2D eigenvalue weighted by molar-refractivity contribution is 5.74. The Hall–Kier alpha value is -2.05. The molecule has 1 aromatic carbocycles. The van der Waals surface area contributed by atoms with Crippen LogP contribution in [0.25, 0.3) is 0 Å². The van der Waals surface area contributed by atoms with E-state index in [0.717, 1.165) is 28.9 Å². The van der Waals surface area contributed by atoms with Crippen LogP contribution >= 0.6 is 0 Å². The molecule has 0 aliphatic carbocycles. The van der Waals surface area contributed by atoms with Gasteiger partial charge < -0.3 is 26.4 Å². The van der Waals surface area contributed by atoms with Crippen LogP contribution in [0.2, 0.25) is 0 Å². The number of nitrogens with two attached hydrogens (primary N) is 1. The number of aliphatic hydroxyl groups excluding tert-OH is 1. The van der Waals surface area contributed by atoms with Crippen LogP contribution in [0.4, 0.5) is 5.69 Å². The Morgan fingerprint density at radius 1 is 1.46 bits per heavy atom. The van der Waals surface area contributed by atoms with E-state index in [1.807, 2.05) is 36.1 Å². The van der Waals surface area contributed by atoms with Gasteiger partial charge in [0.15, 0.2) is 0 Å². The minimum atomic E-state index is -0.370. The Morgan fingerprint density at radius 2 is 2.25 bits per heavy atom. The molecule has 0 spiro atoms. The standard InChI is InChI=1S/C18H28N4O2/c1-13-5-3-6-15(11-13)21-18(19)16-12-22(14(2)24)9-7-17(16)20-8-4-10-23/h3,5-6,11,18,20-21,23H,4,7-10,12,19H2,1-2H3. The number of rotatable bonds is 7. The normalized spacial score (nSPS) is 16.1. The zero-order valence-corrected chi connectivity index (χ0v) is 14.5. The van der Waals surface area contributed by atoms with Crippen LogP contribution < -0.4 is 16.4 Å². The number of aliphatic hydroxyl groups is 1. The molecule has 1 aliphatic rings. The lowest BCUT2D eigenvalue weighted by molar-refractivity contribution is -0.128. The maximum Gasteiger partial charge on any atom is 0.219 e. The zero-order chi connectivity index (χ0) is 17.5. The van der Waals surface area contributed by atoms with Crippen molar-refractivity contribution in [2.24, 2.45) is 5.73 Å². The highest BCUT2D eigenvalue weighted by Gasteiger charge is 2.24. The first-order valence-corrected chi connectivity index (χ1v) is 8.42. The number of carbonyl (C=O) groups excluding carboxylic acids is 1. The SMILES string of the molecule is CC(=O)N1CCC(NCCCO)=C(C(N)Nc2cccc(C)c2)C1. The lowest BCUT2D eigenvalue weighted by Gasteiger charge is -2.33. The summed E-state index contributed by atoms with van der Waals surface area (Å²) in [5.41, 5.74) is 10.6. The topological polar surface area (TPSA) is 90.6 Å². The van der Waals surface area contributed by atoms with Gasteiger partial charge in [-0.25, -0.2) is 0 Å². The molecule has 0 radical (unpaired) electrons. The second kappa shape index (κ2) is 8.70. The summed E-state index contributed by atoms with van der Waals surface area (Å²) >= 11 is 0. The van der Waals surface area contributed by atoms with Gasteiger partial charge in [0.2, 0.25) is 5.91 Å². The van der Waals surface area contributed by atoms with E-state index in [1.54, 1.807) is 6.92 Å². The van der Waals surface area contributed by atoms with Crippen molar-refractivity contribution in [3.05, 3.63) is 41.1 Å². The molecule has 1 aliphatic heterocycles. The summed E-state index contributed by atoms with van der Waals surface area (Å²) in [5, 5.41) is 15.7. The van der Waals surface area contributed by atoms with Crippen molar-refractivity contribution in [2.45, 2.75) is 32.9 Å². The molecule has 1 amide bonds. The maximum atomic E-state index is 11.7. The first-order valence-electron chi connectivity index (χ1n) is 8.42. The van der Waals surface area contributed by atoms with E-state index in [9.17, 15) is 4.79 Å². The number of amides is 1. The molecule has 1 heterocycles. The Balaban J connectivity index is 2.15. The second-order valence-corrected chi connectivity index (χ2v) is 6.19. The van der Waals surface area contributed by atoms with Gasteiger partial charge in [-0.2, -0.15) is 0 Å². The zero-order valence-electron chi connectivity index (χ0n) is 14.5. The van der Waals surface area contributed by atoms with Crippen molar-refractivity contribution in [3.8, 4) is 0 Å². The maximum absolute atomic E-state index is 11.7. The molecule has 0 fully saturated rings. The van der Waals surface area contributed by atoms with Crippen LogP contribution in [0.15, 0.2) is 35.5 Å². The quantitative estimate of drug-likeness (QED) is 0.444. The first kappa shape index (κ1) is 18.3. The lowest BCUT2D eigenvalue weighted by atomic mass is 10.0. The molecule has 5 N–H and O–H groups in total. The minimum Gasteiger partial charge on any atom is -0.396 e. The van der Waals surface area contributed by atoms with Gasteiger partial charge in [-0.15, -0.1) is 0 Å². The van der Waals surface area contributed by atoms with E-state index in [4.69, 9.17) is 10.8 Å². The molecular weight excluding hydrogens is 304 g/mol. The van der Waals surface area contributed by atoms with Gasteiger partial charge in [0.05, 0.1) is 0 Å². The van der Waals surface area contributed by atoms with E-state index in [1.165, 1.54) is 0 Å². The molecule has 1 unspecified atom stereocenters. The fourth-order valence-corrected chi connectivity index (χ4v) is 2.86. The largest absolute Gasteiger partial charge is 0.396 e. The smallest absolute Gasteiger partial charge is 0.219 e. The Labute approximate surface area is 143 Å². The summed E-state index contributed by atoms with van der Waals surface area (Å²) in [6.07, 6.45) is 1.07. The van der Waals surface area contributed by atoms with Crippen LogP contribution in [0.5, 0.6) is 0 Å². The Kier molecular flexibility index (Phi) is 6.63. The summed E-state index contributed by atoms with van der Waals surface area (Å²) in [6.45, 7) is 5.70. The highest BCUT2D eigenvalue weighted by Crippen LogP contribution is 2.20. The number of hydrogen-bond donors (Lipinski definition) is 4. The molecule has 0 saturated carbocycles. The molecule has 0 aromatic heterocycles. The van der Waals surface area contributed by atoms with Crippen molar-refractivity contribution in [1.82, 2.24) is 10.2 Å². The molecule has 6 nitrogen and oxygen atoms in total. The monoisotopic (exact) mass is 332 g/mol. The van der Waals surface area contributed by atoms with Gasteiger partial charge >= 0.3 is 0 Å². The van der Waals surface area contributed by atoms with Crippen LogP contribution in [0.1, 0.15) is 25.3 Å². The van der Waals surface area contributed by atoms with Gasteiger partial charge in [-0.05, 0) is 31.0 Å². The molecule has 1 atom stereocenters. The van der Waals surface area contributed by atoms with E-state index >= 15 is 0 Å². The summed E-state index contributed by atoms with van der Waals surface area (Å²) < 4.78 is 0. The van der Waals surface area contributed by atoms with Crippen molar-refractivity contribution >= 4 is 11.6 Å². The van der Waals surface area contributed by atoms with Gasteiger partial charge in [0, 0.05) is 56.5 Å². The average Bonchev–Trinajstić information content (AvgIpc) is 2.55. The molecule has 132 valence electrons. The predicted octanol–water partition coefficient (Wildman–Crippen LogP) is 1.17. The third-order valence-corrected chi connectivity index (χ3v) is 4.21. The highest BCUT2D eigenvalue weighted by atomic mass is 16.3. The van der Waals surface area contributed by atoms with Crippen LogP contribution in [0, 0.1) is 6.92 Å². The van der Waals surface area contributed by atoms with Gasteiger partial charge in [0.1, 0.15) is 6.17 Å². The van der Waals surface area contributed by atoms with E-state index < -0.39 is 0 Å². The average molecular weight is 332 g/mol. The molecule has 0 bridgehead atoms. The second-order valence-electron chi connectivity index (χ2n) is 6.19. The van der Waals surface area contributed by atoms with E-state index in [-0.39, 0.29) is 18.7 Å².